The Bertz CT molecular complexity index is 966. The van der Waals surface area contributed by atoms with E-state index < -0.39 is 0 Å². The molecule has 2 heterocycles. The maximum atomic E-state index is 12.2. The van der Waals surface area contributed by atoms with Gasteiger partial charge in [-0.15, -0.1) is 0 Å². The monoisotopic (exact) mass is 363 g/mol. The van der Waals surface area contributed by atoms with Gasteiger partial charge in [0.1, 0.15) is 23.9 Å². The van der Waals surface area contributed by atoms with Gasteiger partial charge in [0.15, 0.2) is 0 Å². The van der Waals surface area contributed by atoms with Crippen molar-refractivity contribution in [3.63, 3.8) is 0 Å². The molecule has 0 spiro atoms. The number of hydrogen-bond acceptors (Lipinski definition) is 4. The van der Waals surface area contributed by atoms with Crippen molar-refractivity contribution in [3.05, 3.63) is 71.4 Å². The SMILES string of the molecule is COc1cc(OCc2ccccc2)ccc1C1CC(=O)Nc2c1cnn2C. The van der Waals surface area contributed by atoms with Crippen LogP contribution in [-0.4, -0.2) is 22.8 Å². The summed E-state index contributed by atoms with van der Waals surface area (Å²) in [5, 5.41) is 7.17. The molecular formula is C21H21N3O3. The normalized spacial score (nSPS) is 15.8. The number of amides is 1. The fraction of sp³-hybridized carbons (Fsp3) is 0.238. The van der Waals surface area contributed by atoms with E-state index in [1.54, 1.807) is 18.0 Å². The van der Waals surface area contributed by atoms with Crippen molar-refractivity contribution >= 4 is 11.7 Å². The van der Waals surface area contributed by atoms with E-state index in [4.69, 9.17) is 9.47 Å². The number of aromatic nitrogens is 2. The summed E-state index contributed by atoms with van der Waals surface area (Å²) in [4.78, 5) is 12.2. The van der Waals surface area contributed by atoms with Crippen LogP contribution in [0.1, 0.15) is 29.0 Å². The first-order chi connectivity index (χ1) is 13.2. The van der Waals surface area contributed by atoms with Gasteiger partial charge in [0.25, 0.3) is 0 Å². The number of anilines is 1. The molecule has 0 radical (unpaired) electrons. The van der Waals surface area contributed by atoms with Crippen LogP contribution < -0.4 is 14.8 Å². The lowest BCUT2D eigenvalue weighted by atomic mass is 9.86. The first-order valence-corrected chi connectivity index (χ1v) is 8.82. The maximum Gasteiger partial charge on any atom is 0.226 e. The minimum Gasteiger partial charge on any atom is -0.496 e. The van der Waals surface area contributed by atoms with Crippen molar-refractivity contribution < 1.29 is 14.3 Å². The molecule has 1 atom stereocenters. The summed E-state index contributed by atoms with van der Waals surface area (Å²) in [6.45, 7) is 0.488. The number of nitrogens with zero attached hydrogens (tertiary/aromatic N) is 2. The third kappa shape index (κ3) is 3.38. The van der Waals surface area contributed by atoms with Gasteiger partial charge in [0.2, 0.25) is 5.91 Å². The topological polar surface area (TPSA) is 65.4 Å². The van der Waals surface area contributed by atoms with E-state index in [2.05, 4.69) is 10.4 Å². The molecule has 1 aromatic heterocycles. The third-order valence-electron chi connectivity index (χ3n) is 4.82. The molecule has 138 valence electrons. The molecular weight excluding hydrogens is 342 g/mol. The quantitative estimate of drug-likeness (QED) is 0.754. The van der Waals surface area contributed by atoms with Gasteiger partial charge in [-0.25, -0.2) is 0 Å². The summed E-state index contributed by atoms with van der Waals surface area (Å²) < 4.78 is 13.2. The van der Waals surface area contributed by atoms with Crippen molar-refractivity contribution in [2.45, 2.75) is 18.9 Å². The van der Waals surface area contributed by atoms with Gasteiger partial charge in [-0.05, 0) is 11.6 Å². The number of aryl methyl sites for hydroxylation is 1. The van der Waals surface area contributed by atoms with Crippen LogP contribution >= 0.6 is 0 Å². The van der Waals surface area contributed by atoms with Gasteiger partial charge in [0, 0.05) is 36.6 Å². The van der Waals surface area contributed by atoms with Gasteiger partial charge in [-0.1, -0.05) is 36.4 Å². The summed E-state index contributed by atoms with van der Waals surface area (Å²) in [6, 6.07) is 15.8. The van der Waals surface area contributed by atoms with Crippen molar-refractivity contribution in [2.24, 2.45) is 7.05 Å². The number of rotatable bonds is 5. The predicted octanol–water partition coefficient (Wildman–Crippen LogP) is 3.48. The van der Waals surface area contributed by atoms with Crippen LogP contribution in [0.5, 0.6) is 11.5 Å². The summed E-state index contributed by atoms with van der Waals surface area (Å²) in [5.41, 5.74) is 3.05. The zero-order valence-corrected chi connectivity index (χ0v) is 15.3. The second-order valence-corrected chi connectivity index (χ2v) is 6.56. The molecule has 0 bridgehead atoms. The van der Waals surface area contributed by atoms with E-state index in [9.17, 15) is 4.79 Å². The van der Waals surface area contributed by atoms with Crippen LogP contribution in [-0.2, 0) is 18.4 Å². The van der Waals surface area contributed by atoms with Gasteiger partial charge in [-0.2, -0.15) is 5.10 Å². The van der Waals surface area contributed by atoms with Gasteiger partial charge in [0.05, 0.1) is 13.3 Å². The highest BCUT2D eigenvalue weighted by atomic mass is 16.5. The number of hydrogen-bond donors (Lipinski definition) is 1. The van der Waals surface area contributed by atoms with Crippen molar-refractivity contribution in [3.8, 4) is 11.5 Å². The Kier molecular flexibility index (Phi) is 4.54. The molecule has 1 unspecified atom stereocenters. The average Bonchev–Trinajstić information content (AvgIpc) is 3.07. The molecule has 6 nitrogen and oxygen atoms in total. The minimum absolute atomic E-state index is 0.0254. The lowest BCUT2D eigenvalue weighted by Gasteiger charge is -2.25. The van der Waals surface area contributed by atoms with Crippen molar-refractivity contribution in [1.29, 1.82) is 0 Å². The molecule has 1 amide bonds. The minimum atomic E-state index is -0.0967. The number of carbonyl (C=O) groups excluding carboxylic acids is 1. The number of benzene rings is 2. The summed E-state index contributed by atoms with van der Waals surface area (Å²) in [5.74, 6) is 2.05. The van der Waals surface area contributed by atoms with Crippen LogP contribution in [0.2, 0.25) is 0 Å². The van der Waals surface area contributed by atoms with E-state index in [1.807, 2.05) is 55.6 Å². The smallest absolute Gasteiger partial charge is 0.226 e. The van der Waals surface area contributed by atoms with E-state index in [0.29, 0.717) is 18.8 Å². The molecule has 0 saturated carbocycles. The largest absolute Gasteiger partial charge is 0.496 e. The molecule has 1 aliphatic heterocycles. The van der Waals surface area contributed by atoms with Crippen LogP contribution in [0.15, 0.2) is 54.7 Å². The Morgan fingerprint density at radius 3 is 2.78 bits per heavy atom. The fourth-order valence-electron chi connectivity index (χ4n) is 3.43. The van der Waals surface area contributed by atoms with E-state index >= 15 is 0 Å². The van der Waals surface area contributed by atoms with Crippen LogP contribution in [0.4, 0.5) is 5.82 Å². The molecule has 6 heteroatoms. The Morgan fingerprint density at radius 2 is 2.00 bits per heavy atom. The highest BCUT2D eigenvalue weighted by molar-refractivity contribution is 5.94. The van der Waals surface area contributed by atoms with Crippen molar-refractivity contribution in [1.82, 2.24) is 9.78 Å². The van der Waals surface area contributed by atoms with Crippen molar-refractivity contribution in [2.75, 3.05) is 12.4 Å². The zero-order chi connectivity index (χ0) is 18.8. The Hall–Kier alpha value is -3.28. The summed E-state index contributed by atoms with van der Waals surface area (Å²) >= 11 is 0. The molecule has 0 fully saturated rings. The molecule has 0 aliphatic carbocycles. The third-order valence-corrected chi connectivity index (χ3v) is 4.82. The number of methoxy groups -OCH3 is 1. The fourth-order valence-corrected chi connectivity index (χ4v) is 3.43. The average molecular weight is 363 g/mol. The predicted molar refractivity (Wildman–Crippen MR) is 102 cm³/mol. The highest BCUT2D eigenvalue weighted by Gasteiger charge is 2.31. The molecule has 3 aromatic rings. The van der Waals surface area contributed by atoms with Gasteiger partial charge >= 0.3 is 0 Å². The molecule has 2 aromatic carbocycles. The Labute approximate surface area is 157 Å². The van der Waals surface area contributed by atoms with E-state index in [0.717, 1.165) is 28.3 Å². The molecule has 27 heavy (non-hydrogen) atoms. The maximum absolute atomic E-state index is 12.2. The zero-order valence-electron chi connectivity index (χ0n) is 15.3. The molecule has 4 rings (SSSR count). The van der Waals surface area contributed by atoms with E-state index in [1.165, 1.54) is 0 Å². The second-order valence-electron chi connectivity index (χ2n) is 6.56. The van der Waals surface area contributed by atoms with E-state index in [-0.39, 0.29) is 11.8 Å². The lowest BCUT2D eigenvalue weighted by molar-refractivity contribution is -0.116. The molecule has 1 aliphatic rings. The highest BCUT2D eigenvalue weighted by Crippen LogP contribution is 2.41. The Balaban J connectivity index is 1.61. The summed E-state index contributed by atoms with van der Waals surface area (Å²) in [6.07, 6.45) is 2.16. The van der Waals surface area contributed by atoms with Gasteiger partial charge in [-0.3, -0.25) is 9.48 Å². The molecule has 1 N–H and O–H groups in total. The second kappa shape index (κ2) is 7.15. The van der Waals surface area contributed by atoms with Gasteiger partial charge < -0.3 is 14.8 Å². The Morgan fingerprint density at radius 1 is 1.19 bits per heavy atom. The first kappa shape index (κ1) is 17.1. The first-order valence-electron chi connectivity index (χ1n) is 8.82. The number of fused-ring (bicyclic) bond motifs is 1. The standard InChI is InChI=1S/C21H21N3O3/c1-24-21-18(12-22-24)17(11-20(25)23-21)16-9-8-15(10-19(16)26-2)27-13-14-6-4-3-5-7-14/h3-10,12,17H,11,13H2,1-2H3,(H,23,25). The molecule has 0 saturated heterocycles. The summed E-state index contributed by atoms with van der Waals surface area (Å²) in [7, 11) is 3.45. The van der Waals surface area contributed by atoms with Crippen LogP contribution in [0.3, 0.4) is 0 Å². The number of nitrogens with one attached hydrogen (secondary N) is 1. The lowest BCUT2D eigenvalue weighted by Crippen LogP contribution is -2.24. The number of carbonyl (C=O) groups is 1. The number of ether oxygens (including phenoxy) is 2. The van der Waals surface area contributed by atoms with Crippen LogP contribution in [0.25, 0.3) is 0 Å². The van der Waals surface area contributed by atoms with Crippen LogP contribution in [0, 0.1) is 0 Å².